The van der Waals surface area contributed by atoms with Gasteiger partial charge in [0.1, 0.15) is 13.2 Å². The molecule has 0 aliphatic heterocycles. The number of ether oxygens (including phenoxy) is 3. The highest BCUT2D eigenvalue weighted by Gasteiger charge is 2.19. The average molecular weight is 1140 g/mol. The van der Waals surface area contributed by atoms with Crippen molar-refractivity contribution in [1.82, 2.24) is 0 Å². The largest absolute Gasteiger partial charge is 0.462 e. The molecule has 6 heteroatoms. The number of unbranched alkanes of at least 4 members (excludes halogenated alkanes) is 37. The molecule has 0 saturated heterocycles. The Bertz CT molecular complexity index is 1590. The van der Waals surface area contributed by atoms with Crippen LogP contribution in [0.4, 0.5) is 0 Å². The number of esters is 3. The Hall–Kier alpha value is -3.67. The number of rotatable bonds is 64. The van der Waals surface area contributed by atoms with E-state index in [1.54, 1.807) is 0 Å². The molecule has 0 aliphatic rings. The van der Waals surface area contributed by atoms with E-state index in [-0.39, 0.29) is 31.1 Å². The molecule has 0 aromatic rings. The van der Waals surface area contributed by atoms with Crippen LogP contribution in [0.2, 0.25) is 0 Å². The van der Waals surface area contributed by atoms with E-state index in [0.29, 0.717) is 19.3 Å². The molecule has 0 fully saturated rings. The van der Waals surface area contributed by atoms with E-state index < -0.39 is 6.10 Å². The van der Waals surface area contributed by atoms with Gasteiger partial charge >= 0.3 is 17.9 Å². The van der Waals surface area contributed by atoms with Crippen LogP contribution in [0.3, 0.4) is 0 Å². The van der Waals surface area contributed by atoms with Gasteiger partial charge in [-0.3, -0.25) is 14.4 Å². The second kappa shape index (κ2) is 69.8. The number of hydrogen-bond acceptors (Lipinski definition) is 6. The summed E-state index contributed by atoms with van der Waals surface area (Å²) in [5.41, 5.74) is 0. The van der Waals surface area contributed by atoms with E-state index in [4.69, 9.17) is 14.2 Å². The van der Waals surface area contributed by atoms with Gasteiger partial charge in [0.2, 0.25) is 0 Å². The SMILES string of the molecule is CC/C=C\C/C=C\C/C=C\C/C=C\C/C=C\C/C=C\CCCCCCCCC(=O)OCC(COC(=O)CCCCCCCCC/C=C\C/C=C\CCCCCC)OC(=O)CCCCCCCCCCCCCCCCCCCCCCC. The number of allylic oxidation sites excluding steroid dienone is 16. The summed E-state index contributed by atoms with van der Waals surface area (Å²) in [7, 11) is 0. The van der Waals surface area contributed by atoms with Crippen LogP contribution in [0.25, 0.3) is 0 Å². The first-order valence-corrected chi connectivity index (χ1v) is 35.2. The van der Waals surface area contributed by atoms with E-state index in [1.807, 2.05) is 0 Å². The van der Waals surface area contributed by atoms with Crippen molar-refractivity contribution in [1.29, 1.82) is 0 Å². The third-order valence-electron chi connectivity index (χ3n) is 15.3. The average Bonchev–Trinajstić information content (AvgIpc) is 3.47. The summed E-state index contributed by atoms with van der Waals surface area (Å²) in [6.07, 6.45) is 94.2. The highest BCUT2D eigenvalue weighted by molar-refractivity contribution is 5.71. The molecular formula is C76H132O6. The summed E-state index contributed by atoms with van der Waals surface area (Å²) in [4.78, 5) is 38.5. The molecule has 0 amide bonds. The maximum Gasteiger partial charge on any atom is 0.306 e. The molecule has 0 spiro atoms. The summed E-state index contributed by atoms with van der Waals surface area (Å²) < 4.78 is 17.0. The molecule has 82 heavy (non-hydrogen) atoms. The van der Waals surface area contributed by atoms with Crippen molar-refractivity contribution >= 4 is 17.9 Å². The van der Waals surface area contributed by atoms with E-state index in [1.165, 1.54) is 186 Å². The van der Waals surface area contributed by atoms with Crippen molar-refractivity contribution in [2.45, 2.75) is 354 Å². The highest BCUT2D eigenvalue weighted by Crippen LogP contribution is 2.17. The molecule has 0 saturated carbocycles. The molecule has 0 radical (unpaired) electrons. The Kier molecular flexibility index (Phi) is 66.7. The van der Waals surface area contributed by atoms with E-state index in [2.05, 4.69) is 118 Å². The maximum atomic E-state index is 13.0. The Morgan fingerprint density at radius 2 is 0.476 bits per heavy atom. The molecular weight excluding hydrogens is 1010 g/mol. The summed E-state index contributed by atoms with van der Waals surface area (Å²) in [5, 5.41) is 0. The van der Waals surface area contributed by atoms with Crippen LogP contribution >= 0.6 is 0 Å². The molecule has 0 N–H and O–H groups in total. The summed E-state index contributed by atoms with van der Waals surface area (Å²) in [5.74, 6) is -0.887. The highest BCUT2D eigenvalue weighted by atomic mass is 16.6. The first kappa shape index (κ1) is 78.3. The third-order valence-corrected chi connectivity index (χ3v) is 15.3. The molecule has 1 atom stereocenters. The van der Waals surface area contributed by atoms with Crippen molar-refractivity contribution in [2.75, 3.05) is 13.2 Å². The van der Waals surface area contributed by atoms with Crippen molar-refractivity contribution in [3.05, 3.63) is 97.2 Å². The van der Waals surface area contributed by atoms with Gasteiger partial charge in [0.25, 0.3) is 0 Å². The lowest BCUT2D eigenvalue weighted by atomic mass is 10.0. The minimum absolute atomic E-state index is 0.0838. The lowest BCUT2D eigenvalue weighted by molar-refractivity contribution is -0.167. The second-order valence-electron chi connectivity index (χ2n) is 23.4. The Labute approximate surface area is 508 Å². The second-order valence-corrected chi connectivity index (χ2v) is 23.4. The first-order valence-electron chi connectivity index (χ1n) is 35.2. The summed E-state index contributed by atoms with van der Waals surface area (Å²) in [6.45, 7) is 6.54. The van der Waals surface area contributed by atoms with Gasteiger partial charge in [0.05, 0.1) is 0 Å². The number of hydrogen-bond donors (Lipinski definition) is 0. The normalized spacial score (nSPS) is 12.7. The third kappa shape index (κ3) is 67.1. The first-order chi connectivity index (χ1) is 40.5. The minimum Gasteiger partial charge on any atom is -0.462 e. The fourth-order valence-electron chi connectivity index (χ4n) is 10.1. The topological polar surface area (TPSA) is 78.9 Å². The summed E-state index contributed by atoms with van der Waals surface area (Å²) >= 11 is 0. The Morgan fingerprint density at radius 1 is 0.256 bits per heavy atom. The van der Waals surface area contributed by atoms with Gasteiger partial charge in [-0.15, -0.1) is 0 Å². The van der Waals surface area contributed by atoms with Crippen LogP contribution in [0, 0.1) is 0 Å². The van der Waals surface area contributed by atoms with E-state index in [9.17, 15) is 14.4 Å². The standard InChI is InChI=1S/C76H132O6/c1-4-7-10-13-16-19-22-25-28-31-34-36-37-38-39-41-42-45-48-51-54-57-60-63-66-69-75(78)81-72-73(71-80-74(77)68-65-62-59-56-53-50-47-44-33-30-27-24-21-18-15-12-9-6-3)82-76(79)70-67-64-61-58-55-52-49-46-43-40-35-32-29-26-23-20-17-14-11-8-5-2/h7,10,16,19,21,24-25,28,30,33-34,36,38-39,42,45,73H,4-6,8-9,11-15,17-18,20,22-23,26-27,29,31-32,35,37,40-41,43-44,46-72H2,1-3H3/b10-7-,19-16-,24-21-,28-25-,33-30-,36-34-,39-38-,45-42-. The predicted octanol–water partition coefficient (Wildman–Crippen LogP) is 24.4. The Balaban J connectivity index is 4.40. The lowest BCUT2D eigenvalue weighted by Crippen LogP contribution is -2.30. The summed E-state index contributed by atoms with van der Waals surface area (Å²) in [6, 6.07) is 0. The van der Waals surface area contributed by atoms with Gasteiger partial charge in [-0.05, 0) is 103 Å². The monoisotopic (exact) mass is 1140 g/mol. The Morgan fingerprint density at radius 3 is 0.756 bits per heavy atom. The molecule has 472 valence electrons. The maximum absolute atomic E-state index is 13.0. The number of carbonyl (C=O) groups excluding carboxylic acids is 3. The van der Waals surface area contributed by atoms with Crippen molar-refractivity contribution in [2.24, 2.45) is 0 Å². The molecule has 0 aliphatic carbocycles. The van der Waals surface area contributed by atoms with Crippen LogP contribution in [-0.2, 0) is 28.6 Å². The zero-order chi connectivity index (χ0) is 59.2. The predicted molar refractivity (Wildman–Crippen MR) is 357 cm³/mol. The molecule has 0 heterocycles. The van der Waals surface area contributed by atoms with Crippen LogP contribution in [-0.4, -0.2) is 37.2 Å². The fourth-order valence-corrected chi connectivity index (χ4v) is 10.1. The van der Waals surface area contributed by atoms with E-state index in [0.717, 1.165) is 122 Å². The molecule has 0 aromatic carbocycles. The van der Waals surface area contributed by atoms with Gasteiger partial charge in [0.15, 0.2) is 6.10 Å². The molecule has 0 bridgehead atoms. The van der Waals surface area contributed by atoms with Crippen LogP contribution in [0.15, 0.2) is 97.2 Å². The van der Waals surface area contributed by atoms with Crippen LogP contribution in [0.1, 0.15) is 348 Å². The number of carbonyl (C=O) groups is 3. The fraction of sp³-hybridized carbons (Fsp3) is 0.750. The van der Waals surface area contributed by atoms with Gasteiger partial charge in [-0.2, -0.15) is 0 Å². The van der Waals surface area contributed by atoms with Crippen molar-refractivity contribution in [3.63, 3.8) is 0 Å². The van der Waals surface area contributed by atoms with Crippen LogP contribution in [0.5, 0.6) is 0 Å². The molecule has 0 aromatic heterocycles. The quantitative estimate of drug-likeness (QED) is 0.0261. The smallest absolute Gasteiger partial charge is 0.306 e. The zero-order valence-electron chi connectivity index (χ0n) is 54.2. The van der Waals surface area contributed by atoms with Gasteiger partial charge in [0, 0.05) is 19.3 Å². The zero-order valence-corrected chi connectivity index (χ0v) is 54.2. The molecule has 0 rings (SSSR count). The van der Waals surface area contributed by atoms with Gasteiger partial charge in [-0.25, -0.2) is 0 Å². The van der Waals surface area contributed by atoms with Gasteiger partial charge < -0.3 is 14.2 Å². The van der Waals surface area contributed by atoms with Crippen molar-refractivity contribution < 1.29 is 28.6 Å². The van der Waals surface area contributed by atoms with Crippen LogP contribution < -0.4 is 0 Å². The molecule has 6 nitrogen and oxygen atoms in total. The minimum atomic E-state index is -0.789. The molecule has 1 unspecified atom stereocenters. The van der Waals surface area contributed by atoms with E-state index >= 15 is 0 Å². The van der Waals surface area contributed by atoms with Gasteiger partial charge in [-0.1, -0.05) is 323 Å². The lowest BCUT2D eigenvalue weighted by Gasteiger charge is -2.18. The van der Waals surface area contributed by atoms with Crippen molar-refractivity contribution in [3.8, 4) is 0 Å².